The summed E-state index contributed by atoms with van der Waals surface area (Å²) in [4.78, 5) is 35.0. The van der Waals surface area contributed by atoms with E-state index in [1.165, 1.54) is 19.2 Å². The Kier molecular flexibility index (Phi) is 4.41. The number of rotatable bonds is 4. The zero-order chi connectivity index (χ0) is 18.8. The molecule has 0 bridgehead atoms. The molecule has 0 saturated carbocycles. The molecule has 0 aliphatic heterocycles. The van der Waals surface area contributed by atoms with Crippen LogP contribution in [0.2, 0.25) is 0 Å². The van der Waals surface area contributed by atoms with Crippen LogP contribution in [0.4, 0.5) is 5.69 Å². The second-order valence-electron chi connectivity index (χ2n) is 5.65. The van der Waals surface area contributed by atoms with E-state index in [4.69, 9.17) is 14.4 Å². The van der Waals surface area contributed by atoms with E-state index in [2.05, 4.69) is 5.32 Å². The van der Waals surface area contributed by atoms with E-state index in [9.17, 15) is 19.7 Å². The maximum absolute atomic E-state index is 12.4. The summed E-state index contributed by atoms with van der Waals surface area (Å²) in [7, 11) is 1.29. The Hall–Kier alpha value is -3.67. The minimum absolute atomic E-state index is 0.0115. The highest BCUT2D eigenvalue weighted by Gasteiger charge is 2.22. The number of nitrogens with zero attached hydrogens (tertiary/aromatic N) is 2. The monoisotopic (exact) mass is 355 g/mol. The molecule has 9 nitrogen and oxygen atoms in total. The van der Waals surface area contributed by atoms with Crippen molar-refractivity contribution in [3.63, 3.8) is 0 Å². The van der Waals surface area contributed by atoms with Crippen molar-refractivity contribution in [1.82, 2.24) is 5.32 Å². The van der Waals surface area contributed by atoms with Crippen LogP contribution in [0.5, 0.6) is 5.75 Å². The Morgan fingerprint density at radius 3 is 2.81 bits per heavy atom. The Bertz CT molecular complexity index is 1060. The summed E-state index contributed by atoms with van der Waals surface area (Å²) >= 11 is 0. The molecule has 0 atom stereocenters. The molecule has 1 amide bonds. The maximum Gasteiger partial charge on any atom is 0.349 e. The Labute approximate surface area is 146 Å². The molecule has 132 valence electrons. The quantitative estimate of drug-likeness (QED) is 0.505. The molecular formula is C17H13N3O6. The molecule has 1 aromatic heterocycles. The first-order chi connectivity index (χ1) is 12.4. The number of nitriles is 1. The average molecular weight is 355 g/mol. The van der Waals surface area contributed by atoms with Gasteiger partial charge in [0.05, 0.1) is 24.2 Å². The number of carbonyl (C=O) groups is 1. The highest BCUT2D eigenvalue weighted by molar-refractivity contribution is 5.98. The number of amides is 1. The second-order valence-corrected chi connectivity index (χ2v) is 5.65. The normalized spacial score (nSPS) is 13.5. The van der Waals surface area contributed by atoms with Crippen LogP contribution >= 0.6 is 0 Å². The van der Waals surface area contributed by atoms with Gasteiger partial charge < -0.3 is 14.5 Å². The van der Waals surface area contributed by atoms with E-state index in [0.717, 1.165) is 12.5 Å². The summed E-state index contributed by atoms with van der Waals surface area (Å²) in [5.74, 6) is -0.709. The van der Waals surface area contributed by atoms with Crippen molar-refractivity contribution in [3.05, 3.63) is 55.6 Å². The van der Waals surface area contributed by atoms with E-state index in [1.54, 1.807) is 0 Å². The van der Waals surface area contributed by atoms with Crippen LogP contribution < -0.4 is 15.7 Å². The van der Waals surface area contributed by atoms with Crippen molar-refractivity contribution in [1.29, 1.82) is 5.26 Å². The van der Waals surface area contributed by atoms with E-state index < -0.39 is 16.5 Å². The molecule has 1 aliphatic carbocycles. The number of nitrogens with one attached hydrogen (secondary N) is 1. The number of allylic oxidation sites excluding steroid dienone is 2. The van der Waals surface area contributed by atoms with Gasteiger partial charge in [-0.3, -0.25) is 14.9 Å². The molecule has 1 N–H and O–H groups in total. The van der Waals surface area contributed by atoms with E-state index >= 15 is 0 Å². The average Bonchev–Trinajstić information content (AvgIpc) is 3.07. The second kappa shape index (κ2) is 6.68. The first kappa shape index (κ1) is 17.2. The summed E-state index contributed by atoms with van der Waals surface area (Å²) in [6, 6.07) is 5.56. The molecule has 1 aromatic carbocycles. The lowest BCUT2D eigenvalue weighted by Crippen LogP contribution is -2.27. The molecule has 0 spiro atoms. The van der Waals surface area contributed by atoms with Crippen LogP contribution in [-0.4, -0.2) is 17.9 Å². The number of hydrogen-bond donors (Lipinski definition) is 1. The zero-order valence-corrected chi connectivity index (χ0v) is 13.7. The molecule has 0 saturated heterocycles. The first-order valence-corrected chi connectivity index (χ1v) is 7.68. The number of carbonyl (C=O) groups excluding carboxylic acids is 1. The number of ether oxygens (including phenoxy) is 1. The smallest absolute Gasteiger partial charge is 0.349 e. The fourth-order valence-electron chi connectivity index (χ4n) is 2.81. The fraction of sp³-hybridized carbons (Fsp3) is 0.235. The van der Waals surface area contributed by atoms with Gasteiger partial charge in [0.1, 0.15) is 5.56 Å². The van der Waals surface area contributed by atoms with Gasteiger partial charge in [0.2, 0.25) is 0 Å². The van der Waals surface area contributed by atoms with Crippen molar-refractivity contribution < 1.29 is 18.9 Å². The minimum atomic E-state index is -0.903. The summed E-state index contributed by atoms with van der Waals surface area (Å²) in [5, 5.41) is 22.8. The van der Waals surface area contributed by atoms with E-state index in [-0.39, 0.29) is 28.0 Å². The molecular weight excluding hydrogens is 342 g/mol. The molecule has 0 fully saturated rings. The van der Waals surface area contributed by atoms with Crippen LogP contribution in [0.1, 0.15) is 29.6 Å². The van der Waals surface area contributed by atoms with Gasteiger partial charge in [-0.2, -0.15) is 5.26 Å². The number of nitro benzene ring substituents is 1. The summed E-state index contributed by atoms with van der Waals surface area (Å²) in [6.45, 7) is 0. The predicted molar refractivity (Wildman–Crippen MR) is 89.6 cm³/mol. The lowest BCUT2D eigenvalue weighted by Gasteiger charge is -2.08. The minimum Gasteiger partial charge on any atom is -0.493 e. The van der Waals surface area contributed by atoms with Crippen molar-refractivity contribution in [2.24, 2.45) is 0 Å². The SMILES string of the molecule is COc1cc([N+](=O)[O-])cc2cc(C(=O)NC3=C(C#N)CCC3)c(=O)oc12. The molecule has 0 radical (unpaired) electrons. The van der Waals surface area contributed by atoms with Gasteiger partial charge >= 0.3 is 5.63 Å². The van der Waals surface area contributed by atoms with Crippen molar-refractivity contribution in [2.75, 3.05) is 7.11 Å². The third-order valence-corrected chi connectivity index (χ3v) is 4.08. The summed E-state index contributed by atoms with van der Waals surface area (Å²) in [5.41, 5.74) is -0.511. The van der Waals surface area contributed by atoms with Gasteiger partial charge in [-0.15, -0.1) is 0 Å². The number of nitro groups is 1. The molecule has 26 heavy (non-hydrogen) atoms. The Morgan fingerprint density at radius 2 is 2.15 bits per heavy atom. The first-order valence-electron chi connectivity index (χ1n) is 7.68. The highest BCUT2D eigenvalue weighted by Crippen LogP contribution is 2.30. The van der Waals surface area contributed by atoms with Crippen LogP contribution in [0.25, 0.3) is 11.0 Å². The van der Waals surface area contributed by atoms with Gasteiger partial charge in [-0.25, -0.2) is 4.79 Å². The van der Waals surface area contributed by atoms with Gasteiger partial charge in [-0.05, 0) is 25.3 Å². The number of fused-ring (bicyclic) bond motifs is 1. The highest BCUT2D eigenvalue weighted by atomic mass is 16.6. The molecule has 1 aliphatic rings. The lowest BCUT2D eigenvalue weighted by molar-refractivity contribution is -0.384. The maximum atomic E-state index is 12.4. The predicted octanol–water partition coefficient (Wildman–Crippen LogP) is 2.40. The molecule has 2 aromatic rings. The number of hydrogen-bond acceptors (Lipinski definition) is 7. The molecule has 9 heteroatoms. The topological polar surface area (TPSA) is 135 Å². The third kappa shape index (κ3) is 3.00. The van der Waals surface area contributed by atoms with Gasteiger partial charge in [0.15, 0.2) is 11.3 Å². The summed E-state index contributed by atoms with van der Waals surface area (Å²) in [6.07, 6.45) is 1.85. The van der Waals surface area contributed by atoms with Gasteiger partial charge in [0, 0.05) is 22.7 Å². The largest absolute Gasteiger partial charge is 0.493 e. The van der Waals surface area contributed by atoms with Crippen molar-refractivity contribution >= 4 is 22.6 Å². The van der Waals surface area contributed by atoms with Crippen molar-refractivity contribution in [2.45, 2.75) is 19.3 Å². The lowest BCUT2D eigenvalue weighted by atomic mass is 10.1. The third-order valence-electron chi connectivity index (χ3n) is 4.08. The van der Waals surface area contributed by atoms with Gasteiger partial charge in [-0.1, -0.05) is 0 Å². The van der Waals surface area contributed by atoms with Gasteiger partial charge in [0.25, 0.3) is 11.6 Å². The standard InChI is InChI=1S/C17H13N3O6/c1-25-14-7-11(20(23)24)5-10-6-12(17(22)26-15(10)14)16(21)19-13-4-2-3-9(13)8-18/h5-7H,2-4H2,1H3,(H,19,21). The summed E-state index contributed by atoms with van der Waals surface area (Å²) < 4.78 is 10.2. The Morgan fingerprint density at radius 1 is 1.38 bits per heavy atom. The van der Waals surface area contributed by atoms with Crippen molar-refractivity contribution in [3.8, 4) is 11.8 Å². The van der Waals surface area contributed by atoms with Crippen LogP contribution in [0.3, 0.4) is 0 Å². The molecule has 3 rings (SSSR count). The molecule has 1 heterocycles. The van der Waals surface area contributed by atoms with E-state index in [1.807, 2.05) is 6.07 Å². The van der Waals surface area contributed by atoms with Crippen LogP contribution in [0.15, 0.2) is 38.7 Å². The number of benzene rings is 1. The van der Waals surface area contributed by atoms with Crippen LogP contribution in [-0.2, 0) is 0 Å². The number of methoxy groups -OCH3 is 1. The zero-order valence-electron chi connectivity index (χ0n) is 13.7. The molecule has 0 unspecified atom stereocenters. The van der Waals surface area contributed by atoms with Crippen LogP contribution in [0, 0.1) is 21.4 Å². The van der Waals surface area contributed by atoms with E-state index in [0.29, 0.717) is 24.1 Å². The Balaban J connectivity index is 2.08. The number of non-ortho nitro benzene ring substituents is 1. The fourth-order valence-corrected chi connectivity index (χ4v) is 2.81.